The monoisotopic (exact) mass is 172 g/mol. The fraction of sp³-hybridized carbons (Fsp3) is 1.00. The van der Waals surface area contributed by atoms with Crippen molar-refractivity contribution in [2.45, 2.75) is 51.0 Å². The van der Waals surface area contributed by atoms with Crippen LogP contribution in [-0.2, 0) is 0 Å². The average molecular weight is 172 g/mol. The van der Waals surface area contributed by atoms with Crippen LogP contribution < -0.4 is 0 Å². The Morgan fingerprint density at radius 3 is 1.18 bits per heavy atom. The highest BCUT2D eigenvalue weighted by Gasteiger charge is 2.48. The molecule has 2 atom stereocenters. The normalized spacial score (nSPS) is 40.9. The minimum Gasteiger partial charge on any atom is -0.149 e. The van der Waals surface area contributed by atoms with Crippen LogP contribution in [0.3, 0.4) is 0 Å². The van der Waals surface area contributed by atoms with E-state index in [-0.39, 0.29) is 0 Å². The molecule has 0 amide bonds. The largest absolute Gasteiger partial charge is 0.149 e. The Morgan fingerprint density at radius 2 is 1.09 bits per heavy atom. The van der Waals surface area contributed by atoms with Crippen LogP contribution in [0.1, 0.15) is 41.5 Å². The van der Waals surface area contributed by atoms with E-state index in [1.165, 1.54) is 0 Å². The first-order valence-corrected chi connectivity index (χ1v) is 5.29. The number of rotatable bonds is 0. The van der Waals surface area contributed by atoms with E-state index >= 15 is 0 Å². The van der Waals surface area contributed by atoms with Gasteiger partial charge in [0.25, 0.3) is 0 Å². The molecule has 2 unspecified atom stereocenters. The third-order valence-electron chi connectivity index (χ3n) is 3.47. The summed E-state index contributed by atoms with van der Waals surface area (Å²) in [7, 11) is 0. The van der Waals surface area contributed by atoms with Crippen molar-refractivity contribution >= 4 is 11.8 Å². The predicted molar refractivity (Wildman–Crippen MR) is 54.1 cm³/mol. The summed E-state index contributed by atoms with van der Waals surface area (Å²) in [6, 6.07) is 0. The van der Waals surface area contributed by atoms with Crippen molar-refractivity contribution < 1.29 is 0 Å². The summed E-state index contributed by atoms with van der Waals surface area (Å²) in [5.74, 6) is 1.67. The first-order chi connectivity index (χ1) is 4.77. The molecule has 1 heterocycles. The molecule has 0 saturated carbocycles. The topological polar surface area (TPSA) is 0 Å². The molecule has 1 heteroatoms. The lowest BCUT2D eigenvalue weighted by Gasteiger charge is -2.23. The van der Waals surface area contributed by atoms with Gasteiger partial charge in [0.2, 0.25) is 0 Å². The Bertz CT molecular complexity index is 140. The molecule has 1 saturated heterocycles. The van der Waals surface area contributed by atoms with Gasteiger partial charge in [-0.3, -0.25) is 0 Å². The van der Waals surface area contributed by atoms with Crippen LogP contribution in [-0.4, -0.2) is 9.49 Å². The quantitative estimate of drug-likeness (QED) is 0.538. The fourth-order valence-corrected chi connectivity index (χ4v) is 4.20. The first-order valence-electron chi connectivity index (χ1n) is 4.47. The van der Waals surface area contributed by atoms with Crippen LogP contribution >= 0.6 is 11.8 Å². The Kier molecular flexibility index (Phi) is 2.07. The molecule has 11 heavy (non-hydrogen) atoms. The number of hydrogen-bond donors (Lipinski definition) is 0. The summed E-state index contributed by atoms with van der Waals surface area (Å²) in [5.41, 5.74) is 0. The highest BCUT2D eigenvalue weighted by Crippen LogP contribution is 2.56. The summed E-state index contributed by atoms with van der Waals surface area (Å²) in [6.07, 6.45) is 0. The second kappa shape index (κ2) is 2.42. The molecule has 0 radical (unpaired) electrons. The second-order valence-corrected chi connectivity index (χ2v) is 7.19. The molecule has 1 aliphatic heterocycles. The third-order valence-corrected chi connectivity index (χ3v) is 5.27. The van der Waals surface area contributed by atoms with E-state index in [9.17, 15) is 0 Å². The minimum atomic E-state index is 0.475. The van der Waals surface area contributed by atoms with Crippen LogP contribution in [0.5, 0.6) is 0 Å². The fourth-order valence-electron chi connectivity index (χ4n) is 2.07. The van der Waals surface area contributed by atoms with Gasteiger partial charge in [0.05, 0.1) is 0 Å². The van der Waals surface area contributed by atoms with Crippen molar-refractivity contribution in [1.29, 1.82) is 0 Å². The zero-order valence-electron chi connectivity index (χ0n) is 8.56. The molecule has 0 aromatic carbocycles. The highest BCUT2D eigenvalue weighted by atomic mass is 32.2. The van der Waals surface area contributed by atoms with Gasteiger partial charge in [-0.25, -0.2) is 0 Å². The molecule has 1 aliphatic rings. The Balaban J connectivity index is 2.86. The number of thioether (sulfide) groups is 1. The maximum absolute atomic E-state index is 2.38. The van der Waals surface area contributed by atoms with E-state index in [1.54, 1.807) is 0 Å². The van der Waals surface area contributed by atoms with Gasteiger partial charge in [-0.15, -0.1) is 11.8 Å². The standard InChI is InChI=1S/C10H20S/c1-7-8(2)10(5,6)11-9(7,3)4/h7-8H,1-6H3. The molecule has 0 spiro atoms. The van der Waals surface area contributed by atoms with Gasteiger partial charge in [-0.05, 0) is 11.8 Å². The Hall–Kier alpha value is 0.350. The van der Waals surface area contributed by atoms with Crippen molar-refractivity contribution in [1.82, 2.24) is 0 Å². The summed E-state index contributed by atoms with van der Waals surface area (Å²) >= 11 is 2.14. The lowest BCUT2D eigenvalue weighted by molar-refractivity contribution is 0.314. The van der Waals surface area contributed by atoms with Crippen molar-refractivity contribution in [3.8, 4) is 0 Å². The molecule has 0 bridgehead atoms. The molecular formula is C10H20S. The lowest BCUT2D eigenvalue weighted by atomic mass is 9.80. The maximum atomic E-state index is 2.38. The molecule has 66 valence electrons. The van der Waals surface area contributed by atoms with Gasteiger partial charge in [-0.1, -0.05) is 41.5 Å². The average Bonchev–Trinajstić information content (AvgIpc) is 1.91. The third kappa shape index (κ3) is 1.44. The van der Waals surface area contributed by atoms with E-state index in [4.69, 9.17) is 0 Å². The zero-order chi connectivity index (χ0) is 8.86. The predicted octanol–water partition coefficient (Wildman–Crippen LogP) is 3.56. The summed E-state index contributed by atoms with van der Waals surface area (Å²) < 4.78 is 0.950. The van der Waals surface area contributed by atoms with Crippen LogP contribution in [0.4, 0.5) is 0 Å². The Morgan fingerprint density at radius 1 is 0.818 bits per heavy atom. The summed E-state index contributed by atoms with van der Waals surface area (Å²) in [5, 5.41) is 0. The van der Waals surface area contributed by atoms with Crippen LogP contribution in [0.25, 0.3) is 0 Å². The van der Waals surface area contributed by atoms with Gasteiger partial charge < -0.3 is 0 Å². The highest BCUT2D eigenvalue weighted by molar-refractivity contribution is 8.02. The molecule has 0 aromatic rings. The van der Waals surface area contributed by atoms with Gasteiger partial charge >= 0.3 is 0 Å². The van der Waals surface area contributed by atoms with Gasteiger partial charge in [0, 0.05) is 9.49 Å². The smallest absolute Gasteiger partial charge is 0.0137 e. The van der Waals surface area contributed by atoms with E-state index in [2.05, 4.69) is 53.3 Å². The SMILES string of the molecule is CC1C(C)C(C)(C)SC1(C)C. The zero-order valence-corrected chi connectivity index (χ0v) is 9.38. The van der Waals surface area contributed by atoms with Crippen molar-refractivity contribution in [2.24, 2.45) is 11.8 Å². The van der Waals surface area contributed by atoms with E-state index in [0.29, 0.717) is 9.49 Å². The van der Waals surface area contributed by atoms with E-state index < -0.39 is 0 Å². The van der Waals surface area contributed by atoms with Gasteiger partial charge in [0.1, 0.15) is 0 Å². The van der Waals surface area contributed by atoms with Crippen LogP contribution in [0.2, 0.25) is 0 Å². The van der Waals surface area contributed by atoms with Crippen LogP contribution in [0.15, 0.2) is 0 Å². The Labute approximate surface area is 75.1 Å². The molecule has 0 N–H and O–H groups in total. The molecule has 1 rings (SSSR count). The molecule has 0 nitrogen and oxygen atoms in total. The molecule has 0 aromatic heterocycles. The number of hydrogen-bond acceptors (Lipinski definition) is 1. The van der Waals surface area contributed by atoms with Crippen LogP contribution in [0, 0.1) is 11.8 Å². The molecule has 1 fully saturated rings. The van der Waals surface area contributed by atoms with Crippen molar-refractivity contribution in [3.63, 3.8) is 0 Å². The van der Waals surface area contributed by atoms with Crippen molar-refractivity contribution in [2.75, 3.05) is 0 Å². The van der Waals surface area contributed by atoms with E-state index in [0.717, 1.165) is 11.8 Å². The molecule has 0 aliphatic carbocycles. The first kappa shape index (κ1) is 9.44. The summed E-state index contributed by atoms with van der Waals surface area (Å²) in [6.45, 7) is 14.2. The minimum absolute atomic E-state index is 0.475. The molecular weight excluding hydrogens is 152 g/mol. The van der Waals surface area contributed by atoms with Gasteiger partial charge in [0.15, 0.2) is 0 Å². The lowest BCUT2D eigenvalue weighted by Crippen LogP contribution is -2.25. The van der Waals surface area contributed by atoms with E-state index in [1.807, 2.05) is 0 Å². The van der Waals surface area contributed by atoms with Gasteiger partial charge in [-0.2, -0.15) is 0 Å². The van der Waals surface area contributed by atoms with Crippen molar-refractivity contribution in [3.05, 3.63) is 0 Å². The summed E-state index contributed by atoms with van der Waals surface area (Å²) in [4.78, 5) is 0. The maximum Gasteiger partial charge on any atom is 0.0137 e. The second-order valence-electron chi connectivity index (χ2n) is 4.89.